The number of rotatable bonds is 6. The van der Waals surface area contributed by atoms with E-state index in [-0.39, 0.29) is 5.91 Å². The second kappa shape index (κ2) is 7.83. The third kappa shape index (κ3) is 4.18. The van der Waals surface area contributed by atoms with E-state index < -0.39 is 11.3 Å². The van der Waals surface area contributed by atoms with Gasteiger partial charge in [0.05, 0.1) is 12.8 Å². The maximum Gasteiger partial charge on any atom is 0.239 e. The Hall–Kier alpha value is -2.82. The van der Waals surface area contributed by atoms with E-state index >= 15 is 0 Å². The average molecular weight is 340 g/mol. The normalized spacial score (nSPS) is 10.9. The van der Waals surface area contributed by atoms with E-state index in [1.807, 2.05) is 37.3 Å². The number of aryl methyl sites for hydroxylation is 1. The number of ether oxygens (including phenoxy) is 1. The minimum Gasteiger partial charge on any atom is -0.495 e. The van der Waals surface area contributed by atoms with Crippen molar-refractivity contribution in [2.45, 2.75) is 27.2 Å². The Bertz CT molecular complexity index is 706. The topological polar surface area (TPSA) is 67.4 Å². The van der Waals surface area contributed by atoms with Crippen molar-refractivity contribution in [3.8, 4) is 5.75 Å². The third-order valence-corrected chi connectivity index (χ3v) is 4.14. The lowest BCUT2D eigenvalue weighted by Gasteiger charge is -2.24. The molecule has 2 N–H and O–H groups in total. The number of nitrogens with one attached hydrogen (secondary N) is 2. The molecule has 5 heteroatoms. The first-order chi connectivity index (χ1) is 11.9. The Kier molecular flexibility index (Phi) is 5.80. The molecule has 5 nitrogen and oxygen atoms in total. The van der Waals surface area contributed by atoms with E-state index in [1.165, 1.54) is 7.11 Å². The number of amides is 2. The molecule has 0 atom stereocenters. The number of hydrogen-bond acceptors (Lipinski definition) is 3. The third-order valence-electron chi connectivity index (χ3n) is 4.14. The summed E-state index contributed by atoms with van der Waals surface area (Å²) in [5.41, 5.74) is 1.04. The molecular formula is C20H24N2O3. The van der Waals surface area contributed by atoms with Crippen LogP contribution >= 0.6 is 0 Å². The van der Waals surface area contributed by atoms with E-state index in [0.29, 0.717) is 11.4 Å². The van der Waals surface area contributed by atoms with E-state index in [0.717, 1.165) is 17.7 Å². The molecule has 0 heterocycles. The van der Waals surface area contributed by atoms with E-state index in [9.17, 15) is 9.59 Å². The van der Waals surface area contributed by atoms with Gasteiger partial charge >= 0.3 is 0 Å². The smallest absolute Gasteiger partial charge is 0.239 e. The van der Waals surface area contributed by atoms with Gasteiger partial charge in [-0.3, -0.25) is 9.59 Å². The number of carbonyl (C=O) groups excluding carboxylic acids is 2. The van der Waals surface area contributed by atoms with Crippen molar-refractivity contribution in [2.75, 3.05) is 17.7 Å². The molecular weight excluding hydrogens is 316 g/mol. The Morgan fingerprint density at radius 3 is 2.04 bits per heavy atom. The summed E-state index contributed by atoms with van der Waals surface area (Å²) in [6.07, 6.45) is 0.796. The summed E-state index contributed by atoms with van der Waals surface area (Å²) in [6.45, 7) is 5.22. The first-order valence-electron chi connectivity index (χ1n) is 8.24. The van der Waals surface area contributed by atoms with Crippen LogP contribution in [0.25, 0.3) is 0 Å². The van der Waals surface area contributed by atoms with Crippen LogP contribution in [0, 0.1) is 5.41 Å². The molecule has 0 fully saturated rings. The zero-order valence-electron chi connectivity index (χ0n) is 15.1. The van der Waals surface area contributed by atoms with Crippen LogP contribution in [-0.4, -0.2) is 18.9 Å². The fraction of sp³-hybridized carbons (Fsp3) is 0.300. The molecule has 0 saturated carbocycles. The van der Waals surface area contributed by atoms with Gasteiger partial charge in [0.25, 0.3) is 0 Å². The van der Waals surface area contributed by atoms with Gasteiger partial charge in [-0.2, -0.15) is 0 Å². The van der Waals surface area contributed by atoms with Crippen LogP contribution in [0.4, 0.5) is 11.4 Å². The number of para-hydroxylation sites is 3. The van der Waals surface area contributed by atoms with Crippen molar-refractivity contribution in [3.05, 3.63) is 54.1 Å². The van der Waals surface area contributed by atoms with Gasteiger partial charge in [0.2, 0.25) is 11.8 Å². The molecule has 0 saturated heterocycles. The van der Waals surface area contributed by atoms with Gasteiger partial charge in [-0.1, -0.05) is 37.3 Å². The highest BCUT2D eigenvalue weighted by Gasteiger charge is 2.36. The average Bonchev–Trinajstić information content (AvgIpc) is 2.62. The van der Waals surface area contributed by atoms with Crippen molar-refractivity contribution < 1.29 is 14.3 Å². The molecule has 0 unspecified atom stereocenters. The summed E-state index contributed by atoms with van der Waals surface area (Å²) in [7, 11) is 1.53. The molecule has 0 aromatic heterocycles. The molecule has 0 aliphatic heterocycles. The summed E-state index contributed by atoms with van der Waals surface area (Å²) >= 11 is 0. The summed E-state index contributed by atoms with van der Waals surface area (Å²) < 4.78 is 5.23. The molecule has 0 aliphatic rings. The highest BCUT2D eigenvalue weighted by atomic mass is 16.5. The van der Waals surface area contributed by atoms with Gasteiger partial charge in [0, 0.05) is 5.69 Å². The fourth-order valence-corrected chi connectivity index (χ4v) is 2.36. The standard InChI is InChI=1S/C20H24N2O3/c1-5-14-10-6-7-11-15(14)21-18(23)20(2,3)19(24)22-16-12-8-9-13-17(16)25-4/h6-13H,5H2,1-4H3,(H,21,23)(H,22,24). The molecule has 0 bridgehead atoms. The summed E-state index contributed by atoms with van der Waals surface area (Å²) in [5, 5.41) is 5.64. The lowest BCUT2D eigenvalue weighted by atomic mass is 9.90. The second-order valence-electron chi connectivity index (χ2n) is 6.24. The van der Waals surface area contributed by atoms with Gasteiger partial charge in [-0.25, -0.2) is 0 Å². The van der Waals surface area contributed by atoms with Crippen LogP contribution in [0.5, 0.6) is 5.75 Å². The van der Waals surface area contributed by atoms with Crippen LogP contribution in [0.15, 0.2) is 48.5 Å². The molecule has 132 valence electrons. The van der Waals surface area contributed by atoms with Crippen LogP contribution in [0.1, 0.15) is 26.3 Å². The van der Waals surface area contributed by atoms with Gasteiger partial charge < -0.3 is 15.4 Å². The zero-order valence-corrected chi connectivity index (χ0v) is 15.1. The predicted octanol–water partition coefficient (Wildman–Crippen LogP) is 3.86. The first-order valence-corrected chi connectivity index (χ1v) is 8.24. The lowest BCUT2D eigenvalue weighted by molar-refractivity contribution is -0.135. The van der Waals surface area contributed by atoms with E-state index in [4.69, 9.17) is 4.74 Å². The Labute approximate surface area is 148 Å². The molecule has 2 amide bonds. The lowest BCUT2D eigenvalue weighted by Crippen LogP contribution is -2.41. The first kappa shape index (κ1) is 18.5. The molecule has 0 aliphatic carbocycles. The van der Waals surface area contributed by atoms with Gasteiger partial charge in [0.15, 0.2) is 0 Å². The molecule has 2 aromatic rings. The minimum atomic E-state index is -1.25. The zero-order chi connectivity index (χ0) is 18.4. The quantitative estimate of drug-likeness (QED) is 0.785. The van der Waals surface area contributed by atoms with Crippen molar-refractivity contribution in [1.82, 2.24) is 0 Å². The molecule has 25 heavy (non-hydrogen) atoms. The number of benzene rings is 2. The maximum atomic E-state index is 12.7. The van der Waals surface area contributed by atoms with Crippen molar-refractivity contribution >= 4 is 23.2 Å². The number of hydrogen-bond donors (Lipinski definition) is 2. The molecule has 0 radical (unpaired) electrons. The predicted molar refractivity (Wildman–Crippen MR) is 99.9 cm³/mol. The highest BCUT2D eigenvalue weighted by molar-refractivity contribution is 6.14. The Morgan fingerprint density at radius 2 is 1.44 bits per heavy atom. The van der Waals surface area contributed by atoms with Crippen LogP contribution in [0.2, 0.25) is 0 Å². The van der Waals surface area contributed by atoms with E-state index in [2.05, 4.69) is 10.6 Å². The van der Waals surface area contributed by atoms with Crippen LogP contribution in [0.3, 0.4) is 0 Å². The monoisotopic (exact) mass is 340 g/mol. The van der Waals surface area contributed by atoms with Crippen LogP contribution < -0.4 is 15.4 Å². The van der Waals surface area contributed by atoms with Gasteiger partial charge in [-0.05, 0) is 44.0 Å². The van der Waals surface area contributed by atoms with Crippen molar-refractivity contribution in [1.29, 1.82) is 0 Å². The Morgan fingerprint density at radius 1 is 0.920 bits per heavy atom. The summed E-state index contributed by atoms with van der Waals surface area (Å²) in [4.78, 5) is 25.3. The highest BCUT2D eigenvalue weighted by Crippen LogP contribution is 2.27. The second-order valence-corrected chi connectivity index (χ2v) is 6.24. The van der Waals surface area contributed by atoms with Crippen molar-refractivity contribution in [2.24, 2.45) is 5.41 Å². The van der Waals surface area contributed by atoms with Gasteiger partial charge in [-0.15, -0.1) is 0 Å². The minimum absolute atomic E-state index is 0.360. The Balaban J connectivity index is 2.16. The van der Waals surface area contributed by atoms with Crippen LogP contribution in [-0.2, 0) is 16.0 Å². The SMILES string of the molecule is CCc1ccccc1NC(=O)C(C)(C)C(=O)Nc1ccccc1OC. The summed E-state index contributed by atoms with van der Waals surface area (Å²) in [6, 6.07) is 14.7. The van der Waals surface area contributed by atoms with Gasteiger partial charge in [0.1, 0.15) is 11.2 Å². The maximum absolute atomic E-state index is 12.7. The van der Waals surface area contributed by atoms with E-state index in [1.54, 1.807) is 32.0 Å². The largest absolute Gasteiger partial charge is 0.495 e. The molecule has 2 aromatic carbocycles. The summed E-state index contributed by atoms with van der Waals surface area (Å²) in [5.74, 6) is -0.215. The number of carbonyl (C=O) groups is 2. The number of anilines is 2. The fourth-order valence-electron chi connectivity index (χ4n) is 2.36. The van der Waals surface area contributed by atoms with Crippen molar-refractivity contribution in [3.63, 3.8) is 0 Å². The molecule has 0 spiro atoms. The number of methoxy groups -OCH3 is 1. The molecule has 2 rings (SSSR count).